The van der Waals surface area contributed by atoms with Crippen molar-refractivity contribution in [1.82, 2.24) is 5.32 Å². The maximum atomic E-state index is 12.0. The van der Waals surface area contributed by atoms with Crippen molar-refractivity contribution in [3.05, 3.63) is 29.3 Å². The second-order valence-electron chi connectivity index (χ2n) is 7.02. The van der Waals surface area contributed by atoms with E-state index in [1.165, 1.54) is 22.4 Å². The highest BCUT2D eigenvalue weighted by atomic mass is 32.2. The van der Waals surface area contributed by atoms with E-state index >= 15 is 0 Å². The zero-order valence-electron chi connectivity index (χ0n) is 13.7. The highest BCUT2D eigenvalue weighted by molar-refractivity contribution is 7.99. The van der Waals surface area contributed by atoms with Gasteiger partial charge in [0.15, 0.2) is 0 Å². The van der Waals surface area contributed by atoms with Gasteiger partial charge in [-0.15, -0.1) is 11.8 Å². The molecule has 0 saturated heterocycles. The van der Waals surface area contributed by atoms with Crippen molar-refractivity contribution in [3.63, 3.8) is 0 Å². The summed E-state index contributed by atoms with van der Waals surface area (Å²) in [4.78, 5) is 13.3. The number of amides is 1. The lowest BCUT2D eigenvalue weighted by atomic mass is 9.92. The van der Waals surface area contributed by atoms with Gasteiger partial charge in [-0.3, -0.25) is 4.79 Å². The maximum Gasteiger partial charge on any atom is 0.221 e. The number of aryl methyl sites for hydroxylation is 2. The van der Waals surface area contributed by atoms with Gasteiger partial charge in [0.05, 0.1) is 0 Å². The van der Waals surface area contributed by atoms with Crippen molar-refractivity contribution in [3.8, 4) is 0 Å². The molecule has 2 rings (SSSR count). The average Bonchev–Trinajstić information content (AvgIpc) is 2.73. The van der Waals surface area contributed by atoms with Crippen LogP contribution in [0.15, 0.2) is 23.1 Å². The Kier molecular flexibility index (Phi) is 5.37. The Morgan fingerprint density at radius 3 is 2.71 bits per heavy atom. The van der Waals surface area contributed by atoms with Crippen LogP contribution in [-0.4, -0.2) is 17.7 Å². The van der Waals surface area contributed by atoms with Gasteiger partial charge >= 0.3 is 0 Å². The minimum atomic E-state index is 0.203. The van der Waals surface area contributed by atoms with Crippen LogP contribution in [-0.2, 0) is 4.79 Å². The van der Waals surface area contributed by atoms with Gasteiger partial charge in [-0.25, -0.2) is 0 Å². The third kappa shape index (κ3) is 5.06. The molecule has 1 amide bonds. The van der Waals surface area contributed by atoms with Crippen molar-refractivity contribution >= 4 is 17.7 Å². The fourth-order valence-electron chi connectivity index (χ4n) is 2.92. The molecule has 116 valence electrons. The fraction of sp³-hybridized carbons (Fsp3) is 0.611. The monoisotopic (exact) mass is 305 g/mol. The molecule has 0 bridgehead atoms. The van der Waals surface area contributed by atoms with E-state index in [0.29, 0.717) is 17.9 Å². The number of carbonyl (C=O) groups excluding carboxylic acids is 1. The maximum absolute atomic E-state index is 12.0. The summed E-state index contributed by atoms with van der Waals surface area (Å²) in [5.41, 5.74) is 3.03. The Morgan fingerprint density at radius 2 is 2.10 bits per heavy atom. The lowest BCUT2D eigenvalue weighted by molar-refractivity contribution is -0.121. The van der Waals surface area contributed by atoms with E-state index in [1.54, 1.807) is 11.8 Å². The Labute approximate surface area is 133 Å². The summed E-state index contributed by atoms with van der Waals surface area (Å²) in [5.74, 6) is 1.05. The molecule has 0 spiro atoms. The number of benzene rings is 1. The first kappa shape index (κ1) is 16.4. The smallest absolute Gasteiger partial charge is 0.221 e. The first-order valence-corrected chi connectivity index (χ1v) is 8.84. The van der Waals surface area contributed by atoms with E-state index in [9.17, 15) is 4.79 Å². The Balaban J connectivity index is 1.71. The molecule has 1 aromatic rings. The molecule has 1 aromatic carbocycles. The summed E-state index contributed by atoms with van der Waals surface area (Å²) >= 11 is 1.77. The SMILES string of the molecule is Cc1ccc(SCCC(=O)NC2CCC(C)(C)C2)cc1C. The second-order valence-corrected chi connectivity index (χ2v) is 8.18. The summed E-state index contributed by atoms with van der Waals surface area (Å²) in [6.07, 6.45) is 4.07. The van der Waals surface area contributed by atoms with Crippen molar-refractivity contribution in [2.75, 3.05) is 5.75 Å². The molecule has 0 heterocycles. The van der Waals surface area contributed by atoms with Gasteiger partial charge in [0, 0.05) is 23.1 Å². The van der Waals surface area contributed by atoms with Crippen LogP contribution in [0, 0.1) is 19.3 Å². The molecule has 1 atom stereocenters. The minimum absolute atomic E-state index is 0.203. The zero-order valence-corrected chi connectivity index (χ0v) is 14.5. The third-order valence-electron chi connectivity index (χ3n) is 4.41. The van der Waals surface area contributed by atoms with E-state index in [1.807, 2.05) is 0 Å². The standard InChI is InChI=1S/C18H27NOS/c1-13-5-6-16(11-14(13)2)21-10-8-17(20)19-15-7-9-18(3,4)12-15/h5-6,11,15H,7-10,12H2,1-4H3,(H,19,20). The van der Waals surface area contributed by atoms with E-state index < -0.39 is 0 Å². The summed E-state index contributed by atoms with van der Waals surface area (Å²) in [6, 6.07) is 6.89. The van der Waals surface area contributed by atoms with Crippen molar-refractivity contribution in [2.45, 2.75) is 64.3 Å². The van der Waals surface area contributed by atoms with E-state index in [2.05, 4.69) is 51.2 Å². The summed E-state index contributed by atoms with van der Waals surface area (Å²) in [6.45, 7) is 8.83. The predicted octanol–water partition coefficient (Wildman–Crippen LogP) is 4.48. The molecule has 21 heavy (non-hydrogen) atoms. The Bertz CT molecular complexity index is 510. The second kappa shape index (κ2) is 6.87. The van der Waals surface area contributed by atoms with Crippen LogP contribution in [0.2, 0.25) is 0 Å². The molecular formula is C18H27NOS. The van der Waals surface area contributed by atoms with Gasteiger partial charge in [-0.05, 0) is 61.8 Å². The normalized spacial score (nSPS) is 20.5. The third-order valence-corrected chi connectivity index (χ3v) is 5.41. The summed E-state index contributed by atoms with van der Waals surface area (Å²) in [5, 5.41) is 3.19. The average molecular weight is 305 g/mol. The van der Waals surface area contributed by atoms with E-state index in [0.717, 1.165) is 18.6 Å². The van der Waals surface area contributed by atoms with Crippen LogP contribution in [0.4, 0.5) is 0 Å². The molecule has 1 aliphatic carbocycles. The van der Waals surface area contributed by atoms with Gasteiger partial charge < -0.3 is 5.32 Å². The minimum Gasteiger partial charge on any atom is -0.353 e. The largest absolute Gasteiger partial charge is 0.353 e. The molecule has 0 aromatic heterocycles. The number of rotatable bonds is 5. The number of carbonyl (C=O) groups is 1. The molecule has 1 unspecified atom stereocenters. The molecule has 1 N–H and O–H groups in total. The van der Waals surface area contributed by atoms with Gasteiger partial charge in [-0.2, -0.15) is 0 Å². The first-order valence-electron chi connectivity index (χ1n) is 7.85. The molecule has 3 heteroatoms. The summed E-state index contributed by atoms with van der Waals surface area (Å²) < 4.78 is 0. The van der Waals surface area contributed by atoms with E-state index in [-0.39, 0.29) is 5.91 Å². The van der Waals surface area contributed by atoms with Gasteiger partial charge in [0.25, 0.3) is 0 Å². The molecule has 0 aliphatic heterocycles. The van der Waals surface area contributed by atoms with Crippen LogP contribution >= 0.6 is 11.8 Å². The highest BCUT2D eigenvalue weighted by Crippen LogP contribution is 2.36. The van der Waals surface area contributed by atoms with Crippen LogP contribution in [0.3, 0.4) is 0 Å². The number of hydrogen-bond donors (Lipinski definition) is 1. The molecule has 0 radical (unpaired) electrons. The highest BCUT2D eigenvalue weighted by Gasteiger charge is 2.31. The Hall–Kier alpha value is -0.960. The number of hydrogen-bond acceptors (Lipinski definition) is 2. The van der Waals surface area contributed by atoms with E-state index in [4.69, 9.17) is 0 Å². The van der Waals surface area contributed by atoms with Gasteiger partial charge in [-0.1, -0.05) is 19.9 Å². The van der Waals surface area contributed by atoms with Crippen LogP contribution in [0.25, 0.3) is 0 Å². The first-order chi connectivity index (χ1) is 9.85. The number of nitrogens with one attached hydrogen (secondary N) is 1. The van der Waals surface area contributed by atoms with Crippen LogP contribution in [0.1, 0.15) is 50.7 Å². The lowest BCUT2D eigenvalue weighted by Crippen LogP contribution is -2.33. The van der Waals surface area contributed by atoms with Gasteiger partial charge in [0.2, 0.25) is 5.91 Å². The Morgan fingerprint density at radius 1 is 1.33 bits per heavy atom. The molecule has 1 aliphatic rings. The quantitative estimate of drug-likeness (QED) is 0.813. The van der Waals surface area contributed by atoms with Crippen molar-refractivity contribution in [1.29, 1.82) is 0 Å². The molecule has 1 saturated carbocycles. The fourth-order valence-corrected chi connectivity index (χ4v) is 3.87. The van der Waals surface area contributed by atoms with Crippen LogP contribution < -0.4 is 5.32 Å². The topological polar surface area (TPSA) is 29.1 Å². The molecule has 1 fully saturated rings. The predicted molar refractivity (Wildman–Crippen MR) is 90.8 cm³/mol. The van der Waals surface area contributed by atoms with Crippen molar-refractivity contribution in [2.24, 2.45) is 5.41 Å². The van der Waals surface area contributed by atoms with Gasteiger partial charge in [0.1, 0.15) is 0 Å². The molecule has 2 nitrogen and oxygen atoms in total. The lowest BCUT2D eigenvalue weighted by Gasteiger charge is -2.17. The zero-order chi connectivity index (χ0) is 15.5. The number of thioether (sulfide) groups is 1. The van der Waals surface area contributed by atoms with Crippen molar-refractivity contribution < 1.29 is 4.79 Å². The summed E-state index contributed by atoms with van der Waals surface area (Å²) in [7, 11) is 0. The van der Waals surface area contributed by atoms with Crippen LogP contribution in [0.5, 0.6) is 0 Å². The molecular weight excluding hydrogens is 278 g/mol.